The summed E-state index contributed by atoms with van der Waals surface area (Å²) in [6.07, 6.45) is 11.9. The lowest BCUT2D eigenvalue weighted by molar-refractivity contribution is -0.161. The SMILES string of the molecule is C=C/C=C\CC1=C(C)[C@@H](OC(=O)[C@@H]2[C@@H](C=C(C)C)C2(C)C)CC1=O.CC(=O)OC1C2(C)CCC(C2)C1(C)C. The second-order valence-electron chi connectivity index (χ2n) is 13.6. The van der Waals surface area contributed by atoms with Crippen LogP contribution in [0.4, 0.5) is 0 Å². The van der Waals surface area contributed by atoms with Gasteiger partial charge < -0.3 is 9.47 Å². The topological polar surface area (TPSA) is 69.7 Å². The highest BCUT2D eigenvalue weighted by Gasteiger charge is 2.62. The Balaban J connectivity index is 0.000000241. The normalized spacial score (nSPS) is 34.0. The Kier molecular flexibility index (Phi) is 8.70. The van der Waals surface area contributed by atoms with Gasteiger partial charge in [0, 0.05) is 23.3 Å². The van der Waals surface area contributed by atoms with Gasteiger partial charge in [-0.15, -0.1) is 0 Å². The third-order valence-corrected chi connectivity index (χ3v) is 9.62. The minimum absolute atomic E-state index is 0.0654. The average Bonchev–Trinajstić information content (AvgIpc) is 3.06. The number of Topliss-reactive ketones (excluding diaryl/α,β-unsaturated/α-hetero) is 1. The summed E-state index contributed by atoms with van der Waals surface area (Å²) in [4.78, 5) is 35.8. The van der Waals surface area contributed by atoms with Crippen LogP contribution in [0.5, 0.6) is 0 Å². The van der Waals surface area contributed by atoms with Gasteiger partial charge in [0.25, 0.3) is 0 Å². The fraction of sp³-hybridized carbons (Fsp3) is 0.667. The van der Waals surface area contributed by atoms with Crippen LogP contribution in [-0.4, -0.2) is 29.9 Å². The van der Waals surface area contributed by atoms with Gasteiger partial charge in [-0.1, -0.05) is 71.1 Å². The van der Waals surface area contributed by atoms with E-state index in [1.165, 1.54) is 31.8 Å². The van der Waals surface area contributed by atoms with Crippen LogP contribution in [0, 0.1) is 34.0 Å². The van der Waals surface area contributed by atoms with Gasteiger partial charge in [-0.3, -0.25) is 14.4 Å². The van der Waals surface area contributed by atoms with Crippen LogP contribution >= 0.6 is 0 Å². The summed E-state index contributed by atoms with van der Waals surface area (Å²) in [7, 11) is 0. The molecule has 0 aliphatic heterocycles. The van der Waals surface area contributed by atoms with Gasteiger partial charge in [0.15, 0.2) is 5.78 Å². The number of hydrogen-bond donors (Lipinski definition) is 0. The third-order valence-electron chi connectivity index (χ3n) is 9.62. The summed E-state index contributed by atoms with van der Waals surface area (Å²) in [5.41, 5.74) is 3.23. The Morgan fingerprint density at radius 1 is 1.05 bits per heavy atom. The standard InChI is InChI=1S/C21H28O3.C12H20O2/c1-7-8-9-10-15-14(4)18(12-17(15)22)24-20(23)19-16(11-13(2)3)21(19,5)6;1-8(13)14-10-11(2,3)9-5-6-12(10,4)7-9/h7-9,11,16,18-19H,1,10,12H2,2-6H3;9-10H,5-7H2,1-4H3/b9-8-;/t16-,18+,19+;/m1./s1. The van der Waals surface area contributed by atoms with E-state index in [4.69, 9.17) is 9.47 Å². The van der Waals surface area contributed by atoms with E-state index in [0.29, 0.717) is 6.42 Å². The molecule has 0 aromatic heterocycles. The summed E-state index contributed by atoms with van der Waals surface area (Å²) in [5.74, 6) is 0.637. The van der Waals surface area contributed by atoms with E-state index in [2.05, 4.69) is 47.3 Å². The predicted molar refractivity (Wildman–Crippen MR) is 151 cm³/mol. The molecule has 0 heterocycles. The van der Waals surface area contributed by atoms with Gasteiger partial charge in [-0.05, 0) is 69.3 Å². The average molecular weight is 525 g/mol. The number of carbonyl (C=O) groups excluding carboxylic acids is 3. The molecule has 0 amide bonds. The van der Waals surface area contributed by atoms with E-state index in [1.54, 1.807) is 6.08 Å². The van der Waals surface area contributed by atoms with Crippen LogP contribution in [-0.2, 0) is 23.9 Å². The minimum atomic E-state index is -0.402. The van der Waals surface area contributed by atoms with Crippen molar-refractivity contribution in [1.29, 1.82) is 0 Å². The van der Waals surface area contributed by atoms with Gasteiger partial charge in [0.1, 0.15) is 12.2 Å². The number of carbonyl (C=O) groups is 3. The molecule has 3 saturated carbocycles. The molecule has 5 heteroatoms. The number of rotatable bonds is 7. The molecule has 6 atom stereocenters. The van der Waals surface area contributed by atoms with E-state index in [-0.39, 0.29) is 58.3 Å². The zero-order valence-corrected chi connectivity index (χ0v) is 25.0. The van der Waals surface area contributed by atoms with Crippen molar-refractivity contribution in [1.82, 2.24) is 0 Å². The molecule has 0 saturated heterocycles. The van der Waals surface area contributed by atoms with E-state index in [0.717, 1.165) is 17.1 Å². The maximum atomic E-state index is 12.6. The van der Waals surface area contributed by atoms with E-state index < -0.39 is 6.10 Å². The predicted octanol–water partition coefficient (Wildman–Crippen LogP) is 7.32. The van der Waals surface area contributed by atoms with Gasteiger partial charge >= 0.3 is 11.9 Å². The van der Waals surface area contributed by atoms with Crippen LogP contribution in [0.1, 0.15) is 94.4 Å². The lowest BCUT2D eigenvalue weighted by Gasteiger charge is -2.41. The number of esters is 2. The van der Waals surface area contributed by atoms with Crippen LogP contribution in [0.3, 0.4) is 0 Å². The van der Waals surface area contributed by atoms with Gasteiger partial charge in [0.05, 0.1) is 12.3 Å². The number of allylic oxidation sites excluding steroid dienone is 6. The molecule has 4 rings (SSSR count). The van der Waals surface area contributed by atoms with Crippen molar-refractivity contribution in [3.63, 3.8) is 0 Å². The first-order chi connectivity index (χ1) is 17.6. The molecule has 5 nitrogen and oxygen atoms in total. The first-order valence-electron chi connectivity index (χ1n) is 14.1. The maximum Gasteiger partial charge on any atom is 0.310 e. The van der Waals surface area contributed by atoms with Gasteiger partial charge in [-0.25, -0.2) is 0 Å². The van der Waals surface area contributed by atoms with Crippen molar-refractivity contribution in [2.24, 2.45) is 34.0 Å². The molecular formula is C33H48O5. The van der Waals surface area contributed by atoms with Crippen LogP contribution < -0.4 is 0 Å². The highest BCUT2D eigenvalue weighted by atomic mass is 16.5. The second-order valence-corrected chi connectivity index (χ2v) is 13.6. The first kappa shape index (κ1) is 30.1. The molecule has 0 aromatic rings. The molecule has 0 N–H and O–H groups in total. The summed E-state index contributed by atoms with van der Waals surface area (Å²) in [6.45, 7) is 22.1. The van der Waals surface area contributed by atoms with E-state index in [1.807, 2.05) is 32.9 Å². The smallest absolute Gasteiger partial charge is 0.310 e. The summed E-state index contributed by atoms with van der Waals surface area (Å²) in [5, 5.41) is 0. The fourth-order valence-corrected chi connectivity index (χ4v) is 7.27. The minimum Gasteiger partial charge on any atom is -0.461 e. The Morgan fingerprint density at radius 3 is 2.24 bits per heavy atom. The van der Waals surface area contributed by atoms with Crippen molar-refractivity contribution in [2.75, 3.05) is 0 Å². The summed E-state index contributed by atoms with van der Waals surface area (Å²) >= 11 is 0. The Labute approximate surface area is 229 Å². The molecule has 4 aliphatic carbocycles. The summed E-state index contributed by atoms with van der Waals surface area (Å²) in [6, 6.07) is 0. The monoisotopic (exact) mass is 524 g/mol. The van der Waals surface area contributed by atoms with Crippen molar-refractivity contribution in [2.45, 2.75) is 107 Å². The molecule has 0 aromatic carbocycles. The van der Waals surface area contributed by atoms with E-state index >= 15 is 0 Å². The molecule has 3 unspecified atom stereocenters. The van der Waals surface area contributed by atoms with Gasteiger partial charge in [0.2, 0.25) is 0 Å². The van der Waals surface area contributed by atoms with Crippen LogP contribution in [0.2, 0.25) is 0 Å². The van der Waals surface area contributed by atoms with Crippen molar-refractivity contribution >= 4 is 17.7 Å². The number of ketones is 1. The highest BCUT2D eigenvalue weighted by molar-refractivity contribution is 6.00. The fourth-order valence-electron chi connectivity index (χ4n) is 7.27. The molecule has 38 heavy (non-hydrogen) atoms. The molecular weight excluding hydrogens is 476 g/mol. The number of ether oxygens (including phenoxy) is 2. The number of hydrogen-bond acceptors (Lipinski definition) is 5. The van der Waals surface area contributed by atoms with E-state index in [9.17, 15) is 14.4 Å². The zero-order valence-electron chi connectivity index (χ0n) is 25.0. The number of fused-ring (bicyclic) bond motifs is 2. The highest BCUT2D eigenvalue weighted by Crippen LogP contribution is 2.63. The summed E-state index contributed by atoms with van der Waals surface area (Å²) < 4.78 is 11.2. The Bertz CT molecular complexity index is 1060. The van der Waals surface area contributed by atoms with Gasteiger partial charge in [-0.2, -0.15) is 0 Å². The molecule has 3 fully saturated rings. The van der Waals surface area contributed by atoms with Crippen LogP contribution in [0.15, 0.2) is 47.6 Å². The molecule has 4 aliphatic rings. The quantitative estimate of drug-likeness (QED) is 0.198. The van der Waals surface area contributed by atoms with Crippen molar-refractivity contribution in [3.8, 4) is 0 Å². The Morgan fingerprint density at radius 2 is 1.71 bits per heavy atom. The maximum absolute atomic E-state index is 12.6. The lowest BCUT2D eigenvalue weighted by Crippen LogP contribution is -2.43. The molecule has 2 bridgehead atoms. The third kappa shape index (κ3) is 5.92. The molecule has 0 radical (unpaired) electrons. The zero-order chi connectivity index (χ0) is 28.6. The first-order valence-corrected chi connectivity index (χ1v) is 14.1. The second kappa shape index (κ2) is 11.0. The molecule has 210 valence electrons. The largest absolute Gasteiger partial charge is 0.461 e. The lowest BCUT2D eigenvalue weighted by atomic mass is 9.70. The Hall–Kier alpha value is -2.43. The van der Waals surface area contributed by atoms with Crippen molar-refractivity contribution < 1.29 is 23.9 Å². The molecule has 0 spiro atoms. The van der Waals surface area contributed by atoms with Crippen LogP contribution in [0.25, 0.3) is 0 Å². The van der Waals surface area contributed by atoms with Crippen molar-refractivity contribution in [3.05, 3.63) is 47.6 Å².